The molecule has 0 aromatic heterocycles. The Morgan fingerprint density at radius 2 is 1.84 bits per heavy atom. The summed E-state index contributed by atoms with van der Waals surface area (Å²) in [5, 5.41) is 8.57. The van der Waals surface area contributed by atoms with Gasteiger partial charge in [0.15, 0.2) is 0 Å². The third-order valence-corrected chi connectivity index (χ3v) is 4.31. The molecule has 0 aromatic rings. The van der Waals surface area contributed by atoms with E-state index in [4.69, 9.17) is 9.84 Å². The minimum absolute atomic E-state index is 0.00410. The van der Waals surface area contributed by atoms with E-state index < -0.39 is 0 Å². The highest BCUT2D eigenvalue weighted by atomic mass is 16.5. The minimum atomic E-state index is -0.0594. The molecule has 0 spiro atoms. The molecule has 1 aliphatic heterocycles. The summed E-state index contributed by atoms with van der Waals surface area (Å²) in [7, 11) is 0. The Kier molecular flexibility index (Phi) is 4.93. The molecule has 108 valence electrons. The van der Waals surface area contributed by atoms with Crippen LogP contribution in [0.2, 0.25) is 0 Å². The Morgan fingerprint density at radius 1 is 1.21 bits per heavy atom. The molecule has 1 aliphatic carbocycles. The number of amides is 2. The molecule has 1 saturated carbocycles. The van der Waals surface area contributed by atoms with Crippen LogP contribution in [0.25, 0.3) is 0 Å². The first-order valence-electron chi connectivity index (χ1n) is 7.22. The van der Waals surface area contributed by atoms with Crippen LogP contribution in [-0.2, 0) is 14.3 Å². The normalized spacial score (nSPS) is 30.2. The van der Waals surface area contributed by atoms with Gasteiger partial charge in [0.25, 0.3) is 0 Å². The highest BCUT2D eigenvalue weighted by Gasteiger charge is 2.51. The fourth-order valence-electron chi connectivity index (χ4n) is 3.24. The monoisotopic (exact) mass is 269 g/mol. The predicted octanol–water partition coefficient (Wildman–Crippen LogP) is 0.807. The number of aliphatic hydroxyl groups is 1. The Bertz CT molecular complexity index is 320. The van der Waals surface area contributed by atoms with Crippen molar-refractivity contribution >= 4 is 11.8 Å². The molecule has 19 heavy (non-hydrogen) atoms. The third kappa shape index (κ3) is 2.98. The number of hydrogen-bond donors (Lipinski definition) is 1. The average molecular weight is 269 g/mol. The smallest absolute Gasteiger partial charge is 0.233 e. The van der Waals surface area contributed by atoms with Crippen molar-refractivity contribution in [1.82, 2.24) is 4.90 Å². The van der Waals surface area contributed by atoms with E-state index in [1.165, 1.54) is 4.90 Å². The first-order chi connectivity index (χ1) is 9.19. The van der Waals surface area contributed by atoms with Gasteiger partial charge in [-0.05, 0) is 25.2 Å². The number of nitrogens with zero attached hydrogens (tertiary/aromatic N) is 1. The standard InChI is InChI=1S/C14H23NO4/c1-2-10-8-11-12(9-10)14(18)15(13(11)17)4-3-6-19-7-5-16/h10-12,16H,2-9H2,1H3. The quantitative estimate of drug-likeness (QED) is 0.548. The van der Waals surface area contributed by atoms with Gasteiger partial charge in [0.1, 0.15) is 0 Å². The zero-order valence-electron chi connectivity index (χ0n) is 11.5. The van der Waals surface area contributed by atoms with Crippen LogP contribution in [-0.4, -0.2) is 48.2 Å². The maximum Gasteiger partial charge on any atom is 0.233 e. The number of imide groups is 1. The molecule has 0 radical (unpaired) electrons. The van der Waals surface area contributed by atoms with E-state index in [0.717, 1.165) is 19.3 Å². The van der Waals surface area contributed by atoms with Crippen LogP contribution < -0.4 is 0 Å². The second-order valence-corrected chi connectivity index (χ2v) is 5.48. The Labute approximate surface area is 113 Å². The molecule has 0 aromatic carbocycles. The largest absolute Gasteiger partial charge is 0.394 e. The molecule has 1 N–H and O–H groups in total. The number of ether oxygens (including phenoxy) is 1. The van der Waals surface area contributed by atoms with Gasteiger partial charge in [-0.1, -0.05) is 13.3 Å². The van der Waals surface area contributed by atoms with Crippen molar-refractivity contribution in [2.45, 2.75) is 32.6 Å². The summed E-state index contributed by atoms with van der Waals surface area (Å²) in [5.74, 6) is 0.464. The van der Waals surface area contributed by atoms with Gasteiger partial charge in [-0.25, -0.2) is 0 Å². The summed E-state index contributed by atoms with van der Waals surface area (Å²) in [6.45, 7) is 3.36. The minimum Gasteiger partial charge on any atom is -0.394 e. The zero-order chi connectivity index (χ0) is 13.8. The molecule has 2 aliphatic rings. The molecule has 2 rings (SSSR count). The van der Waals surface area contributed by atoms with Crippen LogP contribution in [0.1, 0.15) is 32.6 Å². The topological polar surface area (TPSA) is 66.8 Å². The van der Waals surface area contributed by atoms with Gasteiger partial charge in [-0.2, -0.15) is 0 Å². The van der Waals surface area contributed by atoms with Crippen molar-refractivity contribution in [2.75, 3.05) is 26.4 Å². The summed E-state index contributed by atoms with van der Waals surface area (Å²) in [6.07, 6.45) is 3.46. The predicted molar refractivity (Wildman–Crippen MR) is 69.2 cm³/mol. The lowest BCUT2D eigenvalue weighted by atomic mass is 10.00. The summed E-state index contributed by atoms with van der Waals surface area (Å²) in [4.78, 5) is 25.8. The number of carbonyl (C=O) groups is 2. The van der Waals surface area contributed by atoms with Gasteiger partial charge < -0.3 is 9.84 Å². The van der Waals surface area contributed by atoms with Crippen LogP contribution in [0.3, 0.4) is 0 Å². The van der Waals surface area contributed by atoms with Crippen LogP contribution in [0.5, 0.6) is 0 Å². The van der Waals surface area contributed by atoms with Crippen molar-refractivity contribution in [3.05, 3.63) is 0 Å². The number of fused-ring (bicyclic) bond motifs is 1. The van der Waals surface area contributed by atoms with Crippen LogP contribution in [0.4, 0.5) is 0 Å². The highest BCUT2D eigenvalue weighted by Crippen LogP contribution is 2.44. The van der Waals surface area contributed by atoms with Crippen molar-refractivity contribution in [2.24, 2.45) is 17.8 Å². The van der Waals surface area contributed by atoms with E-state index in [1.54, 1.807) is 0 Å². The lowest BCUT2D eigenvalue weighted by Crippen LogP contribution is -2.33. The number of carbonyl (C=O) groups excluding carboxylic acids is 2. The fraction of sp³-hybridized carbons (Fsp3) is 0.857. The SMILES string of the molecule is CCC1CC2C(=O)N(CCCOCCO)C(=O)C2C1. The van der Waals surface area contributed by atoms with Gasteiger partial charge in [-0.3, -0.25) is 14.5 Å². The number of aliphatic hydroxyl groups excluding tert-OH is 1. The fourth-order valence-corrected chi connectivity index (χ4v) is 3.24. The van der Waals surface area contributed by atoms with E-state index in [1.807, 2.05) is 0 Å². The van der Waals surface area contributed by atoms with E-state index in [2.05, 4.69) is 6.92 Å². The third-order valence-electron chi connectivity index (χ3n) is 4.31. The molecule has 0 bridgehead atoms. The van der Waals surface area contributed by atoms with Crippen molar-refractivity contribution in [1.29, 1.82) is 0 Å². The number of hydrogen-bond acceptors (Lipinski definition) is 4. The zero-order valence-corrected chi connectivity index (χ0v) is 11.5. The Balaban J connectivity index is 1.81. The van der Waals surface area contributed by atoms with Gasteiger partial charge in [0.2, 0.25) is 11.8 Å². The molecule has 5 nitrogen and oxygen atoms in total. The average Bonchev–Trinajstić information content (AvgIpc) is 2.93. The van der Waals surface area contributed by atoms with E-state index >= 15 is 0 Å². The maximum atomic E-state index is 12.2. The first-order valence-corrected chi connectivity index (χ1v) is 7.22. The summed E-state index contributed by atoms with van der Waals surface area (Å²) in [6, 6.07) is 0. The molecule has 5 heteroatoms. The molecule has 1 heterocycles. The number of likely N-dealkylation sites (tertiary alicyclic amines) is 1. The van der Waals surface area contributed by atoms with Crippen LogP contribution in [0, 0.1) is 17.8 Å². The van der Waals surface area contributed by atoms with Gasteiger partial charge in [-0.15, -0.1) is 0 Å². The second-order valence-electron chi connectivity index (χ2n) is 5.48. The molecule has 2 amide bonds. The molecule has 2 atom stereocenters. The Morgan fingerprint density at radius 3 is 2.37 bits per heavy atom. The first kappa shape index (κ1) is 14.5. The maximum absolute atomic E-state index is 12.2. The van der Waals surface area contributed by atoms with E-state index in [0.29, 0.717) is 32.1 Å². The van der Waals surface area contributed by atoms with Gasteiger partial charge in [0, 0.05) is 13.2 Å². The van der Waals surface area contributed by atoms with Crippen molar-refractivity contribution < 1.29 is 19.4 Å². The van der Waals surface area contributed by atoms with Crippen molar-refractivity contribution in [3.63, 3.8) is 0 Å². The second kappa shape index (κ2) is 6.48. The highest BCUT2D eigenvalue weighted by molar-refractivity contribution is 6.05. The van der Waals surface area contributed by atoms with Crippen LogP contribution >= 0.6 is 0 Å². The lowest BCUT2D eigenvalue weighted by molar-refractivity contribution is -0.140. The molecular formula is C14H23NO4. The van der Waals surface area contributed by atoms with E-state index in [-0.39, 0.29) is 30.3 Å². The molecule has 2 unspecified atom stereocenters. The summed E-state index contributed by atoms with van der Waals surface area (Å²) >= 11 is 0. The molecular weight excluding hydrogens is 246 g/mol. The number of rotatable bonds is 7. The van der Waals surface area contributed by atoms with Gasteiger partial charge in [0.05, 0.1) is 25.0 Å². The Hall–Kier alpha value is -0.940. The van der Waals surface area contributed by atoms with Gasteiger partial charge >= 0.3 is 0 Å². The lowest BCUT2D eigenvalue weighted by Gasteiger charge is -2.17. The molecule has 1 saturated heterocycles. The van der Waals surface area contributed by atoms with Crippen LogP contribution in [0.15, 0.2) is 0 Å². The van der Waals surface area contributed by atoms with E-state index in [9.17, 15) is 9.59 Å². The molecule has 2 fully saturated rings. The summed E-state index contributed by atoms with van der Waals surface area (Å²) < 4.78 is 5.14. The summed E-state index contributed by atoms with van der Waals surface area (Å²) in [5.41, 5.74) is 0. The van der Waals surface area contributed by atoms with Crippen molar-refractivity contribution in [3.8, 4) is 0 Å².